The SMILES string of the molecule is O=C(c1csc(-c2ccccc2)n1)N1CCN(C(=O)[C@@H]2C[C@H]2c2cccs2)CC1. The zero-order valence-corrected chi connectivity index (χ0v) is 17.5. The normalized spacial score (nSPS) is 21.2. The van der Waals surface area contributed by atoms with E-state index in [-0.39, 0.29) is 17.7 Å². The van der Waals surface area contributed by atoms with Crippen LogP contribution in [0.2, 0.25) is 0 Å². The van der Waals surface area contributed by atoms with Gasteiger partial charge in [0.25, 0.3) is 5.91 Å². The van der Waals surface area contributed by atoms with Crippen LogP contribution in [0.25, 0.3) is 10.6 Å². The highest BCUT2D eigenvalue weighted by Crippen LogP contribution is 2.50. The largest absolute Gasteiger partial charge is 0.339 e. The summed E-state index contributed by atoms with van der Waals surface area (Å²) in [6, 6.07) is 14.1. The van der Waals surface area contributed by atoms with Crippen molar-refractivity contribution < 1.29 is 9.59 Å². The van der Waals surface area contributed by atoms with Crippen LogP contribution in [0.3, 0.4) is 0 Å². The molecule has 1 aliphatic carbocycles. The molecule has 2 fully saturated rings. The van der Waals surface area contributed by atoms with E-state index in [1.54, 1.807) is 11.3 Å². The Bertz CT molecular complexity index is 1010. The highest BCUT2D eigenvalue weighted by molar-refractivity contribution is 7.13. The molecule has 2 aliphatic rings. The molecule has 1 aliphatic heterocycles. The summed E-state index contributed by atoms with van der Waals surface area (Å²) in [4.78, 5) is 35.2. The predicted molar refractivity (Wildman–Crippen MR) is 115 cm³/mol. The summed E-state index contributed by atoms with van der Waals surface area (Å²) in [7, 11) is 0. The number of thiophene rings is 1. The standard InChI is InChI=1S/C22H21N3O2S2/c26-21(17-13-16(17)19-7-4-12-28-19)24-8-10-25(11-9-24)22(27)18-14-29-20(23-18)15-5-2-1-3-6-15/h1-7,12,14,16-17H,8-11,13H2/t16-,17-/m1/s1. The van der Waals surface area contributed by atoms with Crippen LogP contribution in [0.4, 0.5) is 0 Å². The van der Waals surface area contributed by atoms with Crippen LogP contribution in [0, 0.1) is 5.92 Å². The molecule has 0 bridgehead atoms. The molecule has 0 unspecified atom stereocenters. The van der Waals surface area contributed by atoms with Gasteiger partial charge < -0.3 is 9.80 Å². The number of hydrogen-bond acceptors (Lipinski definition) is 5. The van der Waals surface area contributed by atoms with E-state index in [2.05, 4.69) is 16.4 Å². The van der Waals surface area contributed by atoms with Crippen LogP contribution in [0.1, 0.15) is 27.7 Å². The third-order valence-corrected chi connectivity index (χ3v) is 7.53. The van der Waals surface area contributed by atoms with Crippen molar-refractivity contribution in [3.8, 4) is 10.6 Å². The van der Waals surface area contributed by atoms with E-state index in [0.717, 1.165) is 17.0 Å². The van der Waals surface area contributed by atoms with Crippen molar-refractivity contribution >= 4 is 34.5 Å². The van der Waals surface area contributed by atoms with Crippen LogP contribution >= 0.6 is 22.7 Å². The minimum atomic E-state index is -0.0431. The van der Waals surface area contributed by atoms with Crippen molar-refractivity contribution in [2.45, 2.75) is 12.3 Å². The molecule has 2 aromatic heterocycles. The van der Waals surface area contributed by atoms with E-state index in [0.29, 0.717) is 37.8 Å². The Morgan fingerprint density at radius 1 is 0.931 bits per heavy atom. The summed E-state index contributed by atoms with van der Waals surface area (Å²) in [6.07, 6.45) is 0.958. The first kappa shape index (κ1) is 18.5. The molecule has 2 amide bonds. The lowest BCUT2D eigenvalue weighted by Crippen LogP contribution is -2.51. The van der Waals surface area contributed by atoms with Crippen molar-refractivity contribution in [3.05, 3.63) is 63.8 Å². The van der Waals surface area contributed by atoms with Crippen LogP contribution in [-0.2, 0) is 4.79 Å². The number of aromatic nitrogens is 1. The van der Waals surface area contributed by atoms with Crippen LogP contribution in [0.5, 0.6) is 0 Å². The van der Waals surface area contributed by atoms with Gasteiger partial charge in [-0.25, -0.2) is 4.98 Å². The maximum atomic E-state index is 12.8. The fraction of sp³-hybridized carbons (Fsp3) is 0.318. The van der Waals surface area contributed by atoms with Crippen LogP contribution < -0.4 is 0 Å². The summed E-state index contributed by atoms with van der Waals surface area (Å²) in [6.45, 7) is 2.35. The number of piperazine rings is 1. The number of rotatable bonds is 4. The van der Waals surface area contributed by atoms with Gasteiger partial charge in [0.1, 0.15) is 10.7 Å². The van der Waals surface area contributed by atoms with E-state index in [4.69, 9.17) is 0 Å². The van der Waals surface area contributed by atoms with E-state index >= 15 is 0 Å². The molecule has 148 valence electrons. The van der Waals surface area contributed by atoms with Crippen molar-refractivity contribution in [1.29, 1.82) is 0 Å². The summed E-state index contributed by atoms with van der Waals surface area (Å²) >= 11 is 3.22. The monoisotopic (exact) mass is 423 g/mol. The van der Waals surface area contributed by atoms with Crippen molar-refractivity contribution in [3.63, 3.8) is 0 Å². The van der Waals surface area contributed by atoms with E-state index in [1.807, 2.05) is 51.6 Å². The Balaban J connectivity index is 1.17. The molecule has 1 aromatic carbocycles. The summed E-state index contributed by atoms with van der Waals surface area (Å²) in [5.74, 6) is 0.727. The number of amides is 2. The van der Waals surface area contributed by atoms with E-state index in [9.17, 15) is 9.59 Å². The maximum absolute atomic E-state index is 12.8. The lowest BCUT2D eigenvalue weighted by Gasteiger charge is -2.34. The van der Waals surface area contributed by atoms with Gasteiger partial charge in [-0.1, -0.05) is 36.4 Å². The first-order valence-electron chi connectivity index (χ1n) is 9.83. The van der Waals surface area contributed by atoms with Crippen molar-refractivity contribution in [2.75, 3.05) is 26.2 Å². The Labute approximate surface area is 177 Å². The molecule has 0 N–H and O–H groups in total. The molecule has 5 nitrogen and oxygen atoms in total. The zero-order chi connectivity index (χ0) is 19.8. The fourth-order valence-electron chi connectivity index (χ4n) is 3.90. The number of carbonyl (C=O) groups is 2. The number of nitrogens with zero attached hydrogens (tertiary/aromatic N) is 3. The van der Waals surface area contributed by atoms with E-state index in [1.165, 1.54) is 16.2 Å². The van der Waals surface area contributed by atoms with Gasteiger partial charge in [-0.3, -0.25) is 9.59 Å². The third-order valence-electron chi connectivity index (χ3n) is 5.64. The molecular weight excluding hydrogens is 402 g/mol. The zero-order valence-electron chi connectivity index (χ0n) is 15.9. The molecule has 7 heteroatoms. The Morgan fingerprint density at radius 2 is 1.69 bits per heavy atom. The molecule has 2 atom stereocenters. The number of carbonyl (C=O) groups excluding carboxylic acids is 2. The highest BCUT2D eigenvalue weighted by Gasteiger charge is 2.46. The summed E-state index contributed by atoms with van der Waals surface area (Å²) in [5.41, 5.74) is 1.52. The highest BCUT2D eigenvalue weighted by atomic mass is 32.1. The molecule has 0 radical (unpaired) electrons. The molecule has 5 rings (SSSR count). The van der Waals surface area contributed by atoms with Crippen molar-refractivity contribution in [1.82, 2.24) is 14.8 Å². The molecule has 1 saturated carbocycles. The summed E-state index contributed by atoms with van der Waals surface area (Å²) < 4.78 is 0. The maximum Gasteiger partial charge on any atom is 0.273 e. The quantitative estimate of drug-likeness (QED) is 0.638. The number of thiazole rings is 1. The number of benzene rings is 1. The first-order valence-corrected chi connectivity index (χ1v) is 11.6. The van der Waals surface area contributed by atoms with Gasteiger partial charge in [-0.05, 0) is 17.9 Å². The van der Waals surface area contributed by atoms with Gasteiger partial charge in [-0.15, -0.1) is 22.7 Å². The van der Waals surface area contributed by atoms with Crippen LogP contribution in [0.15, 0.2) is 53.2 Å². The van der Waals surface area contributed by atoms with Gasteiger partial charge in [-0.2, -0.15) is 0 Å². The van der Waals surface area contributed by atoms with Crippen LogP contribution in [-0.4, -0.2) is 52.8 Å². The second kappa shape index (κ2) is 7.72. The molecule has 29 heavy (non-hydrogen) atoms. The van der Waals surface area contributed by atoms with Gasteiger partial charge in [0.2, 0.25) is 5.91 Å². The van der Waals surface area contributed by atoms with Crippen molar-refractivity contribution in [2.24, 2.45) is 5.92 Å². The van der Waals surface area contributed by atoms with E-state index < -0.39 is 0 Å². The Hall–Kier alpha value is -2.51. The van der Waals surface area contributed by atoms with Gasteiger partial charge in [0.15, 0.2) is 0 Å². The predicted octanol–water partition coefficient (Wildman–Crippen LogP) is 3.96. The lowest BCUT2D eigenvalue weighted by molar-refractivity contribution is -0.134. The Morgan fingerprint density at radius 3 is 2.41 bits per heavy atom. The molecule has 3 heterocycles. The topological polar surface area (TPSA) is 53.5 Å². The smallest absolute Gasteiger partial charge is 0.273 e. The average molecular weight is 424 g/mol. The second-order valence-electron chi connectivity index (χ2n) is 7.49. The number of hydrogen-bond donors (Lipinski definition) is 0. The second-order valence-corrected chi connectivity index (χ2v) is 9.32. The average Bonchev–Trinajstić information content (AvgIpc) is 3.17. The molecule has 0 spiro atoms. The molecular formula is C22H21N3O2S2. The lowest BCUT2D eigenvalue weighted by atomic mass is 10.2. The molecule has 3 aromatic rings. The van der Waals surface area contributed by atoms with Gasteiger partial charge in [0, 0.05) is 53.8 Å². The summed E-state index contributed by atoms with van der Waals surface area (Å²) in [5, 5.41) is 4.76. The fourth-order valence-corrected chi connectivity index (χ4v) is 5.60. The molecule has 1 saturated heterocycles. The van der Waals surface area contributed by atoms with Gasteiger partial charge >= 0.3 is 0 Å². The Kier molecular flexibility index (Phi) is 4.93. The minimum Gasteiger partial charge on any atom is -0.339 e. The first-order chi connectivity index (χ1) is 14.2. The third kappa shape index (κ3) is 3.72. The minimum absolute atomic E-state index is 0.0431. The van der Waals surface area contributed by atoms with Gasteiger partial charge in [0.05, 0.1) is 0 Å².